The van der Waals surface area contributed by atoms with Gasteiger partial charge in [0, 0.05) is 31.2 Å². The third kappa shape index (κ3) is 4.11. The molecule has 1 aromatic rings. The minimum atomic E-state index is -0.864. The molecule has 0 bridgehead atoms. The largest absolute Gasteiger partial charge is 0.481 e. The van der Waals surface area contributed by atoms with Crippen LogP contribution in [0.25, 0.3) is 0 Å². The van der Waals surface area contributed by atoms with Crippen LogP contribution in [0.4, 0.5) is 4.79 Å². The highest BCUT2D eigenvalue weighted by molar-refractivity contribution is 6.30. The summed E-state index contributed by atoms with van der Waals surface area (Å²) in [5, 5.41) is 9.55. The molecule has 1 unspecified atom stereocenters. The quantitative estimate of drug-likeness (QED) is 0.930. The Balaban J connectivity index is 1.99. The van der Waals surface area contributed by atoms with Crippen molar-refractivity contribution >= 4 is 23.6 Å². The molecule has 1 saturated heterocycles. The van der Waals surface area contributed by atoms with Gasteiger partial charge < -0.3 is 14.9 Å². The summed E-state index contributed by atoms with van der Waals surface area (Å²) >= 11 is 5.94. The second kappa shape index (κ2) is 6.80. The lowest BCUT2D eigenvalue weighted by Crippen LogP contribution is -2.44. The van der Waals surface area contributed by atoms with E-state index in [1.54, 1.807) is 22.9 Å². The van der Waals surface area contributed by atoms with E-state index < -0.39 is 5.97 Å². The average Bonchev–Trinajstić information content (AvgIpc) is 2.85. The SMILES string of the molecule is CN(Cc1cccc(Cl)c1)C(=O)N1CCCC1CC(=O)O. The molecule has 0 aliphatic carbocycles. The summed E-state index contributed by atoms with van der Waals surface area (Å²) in [5.41, 5.74) is 0.951. The van der Waals surface area contributed by atoms with E-state index in [0.717, 1.165) is 18.4 Å². The van der Waals surface area contributed by atoms with E-state index in [9.17, 15) is 9.59 Å². The molecule has 1 aromatic carbocycles. The van der Waals surface area contributed by atoms with Crippen molar-refractivity contribution in [2.75, 3.05) is 13.6 Å². The highest BCUT2D eigenvalue weighted by atomic mass is 35.5. The van der Waals surface area contributed by atoms with Gasteiger partial charge in [0.15, 0.2) is 0 Å². The smallest absolute Gasteiger partial charge is 0.320 e. The first-order chi connectivity index (χ1) is 9.97. The summed E-state index contributed by atoms with van der Waals surface area (Å²) in [6, 6.07) is 7.05. The predicted octanol–water partition coefficient (Wildman–Crippen LogP) is 2.83. The molecule has 1 fully saturated rings. The Morgan fingerprint density at radius 1 is 1.48 bits per heavy atom. The van der Waals surface area contributed by atoms with Gasteiger partial charge in [-0.25, -0.2) is 4.79 Å². The number of halogens is 1. The first-order valence-corrected chi connectivity index (χ1v) is 7.33. The average molecular weight is 311 g/mol. The molecule has 21 heavy (non-hydrogen) atoms. The van der Waals surface area contributed by atoms with Crippen molar-refractivity contribution < 1.29 is 14.7 Å². The maximum absolute atomic E-state index is 12.5. The number of benzene rings is 1. The molecule has 5 nitrogen and oxygen atoms in total. The number of hydrogen-bond donors (Lipinski definition) is 1. The van der Waals surface area contributed by atoms with Gasteiger partial charge in [0.05, 0.1) is 6.42 Å². The number of rotatable bonds is 4. The Morgan fingerprint density at radius 3 is 2.90 bits per heavy atom. The Morgan fingerprint density at radius 2 is 2.24 bits per heavy atom. The molecule has 114 valence electrons. The maximum atomic E-state index is 12.5. The number of hydrogen-bond acceptors (Lipinski definition) is 2. The van der Waals surface area contributed by atoms with E-state index in [1.807, 2.05) is 18.2 Å². The van der Waals surface area contributed by atoms with Crippen LogP contribution in [0.1, 0.15) is 24.8 Å². The van der Waals surface area contributed by atoms with Gasteiger partial charge in [0.1, 0.15) is 0 Å². The third-order valence-corrected chi connectivity index (χ3v) is 3.90. The Labute approximate surface area is 129 Å². The summed E-state index contributed by atoms with van der Waals surface area (Å²) in [6.07, 6.45) is 1.62. The van der Waals surface area contributed by atoms with Crippen LogP contribution < -0.4 is 0 Å². The summed E-state index contributed by atoms with van der Waals surface area (Å²) < 4.78 is 0. The fourth-order valence-corrected chi connectivity index (χ4v) is 2.91. The summed E-state index contributed by atoms with van der Waals surface area (Å²) in [6.45, 7) is 1.08. The van der Waals surface area contributed by atoms with Gasteiger partial charge in [-0.1, -0.05) is 23.7 Å². The molecule has 1 atom stereocenters. The Bertz CT molecular complexity index is 535. The molecule has 0 radical (unpaired) electrons. The van der Waals surface area contributed by atoms with Crippen molar-refractivity contribution in [1.29, 1.82) is 0 Å². The maximum Gasteiger partial charge on any atom is 0.320 e. The van der Waals surface area contributed by atoms with Crippen LogP contribution in [0.5, 0.6) is 0 Å². The zero-order valence-electron chi connectivity index (χ0n) is 12.0. The van der Waals surface area contributed by atoms with Crippen molar-refractivity contribution in [2.45, 2.75) is 31.8 Å². The number of urea groups is 1. The van der Waals surface area contributed by atoms with Crippen molar-refractivity contribution in [3.05, 3.63) is 34.9 Å². The molecule has 1 N–H and O–H groups in total. The highest BCUT2D eigenvalue weighted by Gasteiger charge is 2.31. The third-order valence-electron chi connectivity index (χ3n) is 3.67. The van der Waals surface area contributed by atoms with E-state index in [0.29, 0.717) is 18.1 Å². The van der Waals surface area contributed by atoms with Crippen LogP contribution in [-0.4, -0.2) is 46.5 Å². The van der Waals surface area contributed by atoms with E-state index in [4.69, 9.17) is 16.7 Å². The number of amides is 2. The summed E-state index contributed by atoms with van der Waals surface area (Å²) in [4.78, 5) is 26.6. The number of carboxylic acid groups (broad SMARTS) is 1. The van der Waals surface area contributed by atoms with Gasteiger partial charge in [-0.2, -0.15) is 0 Å². The monoisotopic (exact) mass is 310 g/mol. The van der Waals surface area contributed by atoms with Crippen molar-refractivity contribution in [3.63, 3.8) is 0 Å². The molecule has 1 aliphatic heterocycles. The van der Waals surface area contributed by atoms with Crippen molar-refractivity contribution in [1.82, 2.24) is 9.80 Å². The molecule has 1 heterocycles. The predicted molar refractivity (Wildman–Crippen MR) is 80.3 cm³/mol. The van der Waals surface area contributed by atoms with E-state index in [2.05, 4.69) is 0 Å². The zero-order valence-corrected chi connectivity index (χ0v) is 12.7. The number of carbonyl (C=O) groups excluding carboxylic acids is 1. The van der Waals surface area contributed by atoms with Crippen LogP contribution >= 0.6 is 11.6 Å². The van der Waals surface area contributed by atoms with Crippen LogP contribution in [0, 0.1) is 0 Å². The van der Waals surface area contributed by atoms with Crippen LogP contribution in [-0.2, 0) is 11.3 Å². The molecule has 2 rings (SSSR count). The molecular formula is C15H19ClN2O3. The van der Waals surface area contributed by atoms with Gasteiger partial charge >= 0.3 is 12.0 Å². The summed E-state index contributed by atoms with van der Waals surface area (Å²) in [7, 11) is 1.72. The fourth-order valence-electron chi connectivity index (χ4n) is 2.70. The van der Waals surface area contributed by atoms with Crippen molar-refractivity contribution in [3.8, 4) is 0 Å². The normalized spacial score (nSPS) is 17.8. The van der Waals surface area contributed by atoms with E-state index in [-0.39, 0.29) is 18.5 Å². The fraction of sp³-hybridized carbons (Fsp3) is 0.467. The van der Waals surface area contributed by atoms with Crippen LogP contribution in [0.15, 0.2) is 24.3 Å². The van der Waals surface area contributed by atoms with Gasteiger partial charge in [0.2, 0.25) is 0 Å². The molecule has 2 amide bonds. The standard InChI is InChI=1S/C15H19ClN2O3/c1-17(10-11-4-2-5-12(16)8-11)15(21)18-7-3-6-13(18)9-14(19)20/h2,4-5,8,13H,3,6-7,9-10H2,1H3,(H,19,20). The van der Waals surface area contributed by atoms with Crippen LogP contribution in [0.3, 0.4) is 0 Å². The minimum absolute atomic E-state index is 0.0107. The highest BCUT2D eigenvalue weighted by Crippen LogP contribution is 2.22. The first kappa shape index (κ1) is 15.6. The molecule has 0 spiro atoms. The molecule has 0 aromatic heterocycles. The first-order valence-electron chi connectivity index (χ1n) is 6.95. The summed E-state index contributed by atoms with van der Waals surface area (Å²) in [5.74, 6) is -0.864. The van der Waals surface area contributed by atoms with E-state index in [1.165, 1.54) is 0 Å². The second-order valence-electron chi connectivity index (χ2n) is 5.36. The lowest BCUT2D eigenvalue weighted by Gasteiger charge is -2.29. The Hall–Kier alpha value is -1.75. The second-order valence-corrected chi connectivity index (χ2v) is 5.79. The van der Waals surface area contributed by atoms with E-state index >= 15 is 0 Å². The lowest BCUT2D eigenvalue weighted by molar-refractivity contribution is -0.138. The Kier molecular flexibility index (Phi) is 5.07. The number of likely N-dealkylation sites (tertiary alicyclic amines) is 1. The number of aliphatic carboxylic acids is 1. The minimum Gasteiger partial charge on any atom is -0.481 e. The number of carboxylic acids is 1. The number of nitrogens with zero attached hydrogens (tertiary/aromatic N) is 2. The molecular weight excluding hydrogens is 292 g/mol. The molecule has 6 heteroatoms. The number of carbonyl (C=O) groups is 2. The topological polar surface area (TPSA) is 60.9 Å². The van der Waals surface area contributed by atoms with Crippen LogP contribution in [0.2, 0.25) is 5.02 Å². The zero-order chi connectivity index (χ0) is 15.4. The lowest BCUT2D eigenvalue weighted by atomic mass is 10.1. The van der Waals surface area contributed by atoms with Gasteiger partial charge in [-0.15, -0.1) is 0 Å². The van der Waals surface area contributed by atoms with Crippen molar-refractivity contribution in [2.24, 2.45) is 0 Å². The van der Waals surface area contributed by atoms with Gasteiger partial charge in [0.25, 0.3) is 0 Å². The molecule has 1 aliphatic rings. The van der Waals surface area contributed by atoms with Gasteiger partial charge in [-0.3, -0.25) is 4.79 Å². The molecule has 0 saturated carbocycles. The van der Waals surface area contributed by atoms with Gasteiger partial charge in [-0.05, 0) is 30.5 Å².